The molecular weight excluding hydrogens is 240 g/mol. The van der Waals surface area contributed by atoms with Crippen LogP contribution < -0.4 is 5.32 Å². The van der Waals surface area contributed by atoms with Gasteiger partial charge in [-0.3, -0.25) is 4.79 Å². The monoisotopic (exact) mass is 252 g/mol. The van der Waals surface area contributed by atoms with Gasteiger partial charge in [-0.2, -0.15) is 5.26 Å². The molecule has 0 fully saturated rings. The maximum atomic E-state index is 11.3. The fourth-order valence-electron chi connectivity index (χ4n) is 1.20. The predicted octanol–water partition coefficient (Wildman–Crippen LogP) is 0.241. The summed E-state index contributed by atoms with van der Waals surface area (Å²) in [5.74, 6) is -1.87. The number of nitriles is 1. The van der Waals surface area contributed by atoms with E-state index in [1.807, 2.05) is 30.3 Å². The second-order valence-electron chi connectivity index (χ2n) is 3.45. The standard InChI is InChI=1S/C11H12N2O3S/c12-6-7-17(15,16)9-11(14)13-8-10-4-2-1-3-5-10/h1-5H,7-9H2,(H,13,14). The van der Waals surface area contributed by atoms with E-state index in [2.05, 4.69) is 5.32 Å². The average molecular weight is 252 g/mol. The van der Waals surface area contributed by atoms with Crippen molar-refractivity contribution in [1.82, 2.24) is 5.32 Å². The molecule has 0 aromatic heterocycles. The number of hydrogen-bond donors (Lipinski definition) is 1. The molecule has 0 spiro atoms. The maximum Gasteiger partial charge on any atom is 0.235 e. The first-order valence-corrected chi connectivity index (χ1v) is 6.73. The third-order valence-electron chi connectivity index (χ3n) is 1.97. The van der Waals surface area contributed by atoms with Crippen LogP contribution in [0.2, 0.25) is 0 Å². The van der Waals surface area contributed by atoms with Gasteiger partial charge >= 0.3 is 0 Å². The average Bonchev–Trinajstić information content (AvgIpc) is 2.27. The topological polar surface area (TPSA) is 87.0 Å². The van der Waals surface area contributed by atoms with E-state index >= 15 is 0 Å². The van der Waals surface area contributed by atoms with E-state index in [1.165, 1.54) is 6.07 Å². The van der Waals surface area contributed by atoms with Crippen LogP contribution >= 0.6 is 0 Å². The molecule has 0 radical (unpaired) electrons. The summed E-state index contributed by atoms with van der Waals surface area (Å²) < 4.78 is 22.3. The van der Waals surface area contributed by atoms with Crippen molar-refractivity contribution in [2.24, 2.45) is 0 Å². The number of benzene rings is 1. The van der Waals surface area contributed by atoms with Gasteiger partial charge in [0.1, 0.15) is 11.5 Å². The van der Waals surface area contributed by atoms with Crippen molar-refractivity contribution in [3.8, 4) is 6.07 Å². The second kappa shape index (κ2) is 6.01. The zero-order valence-electron chi connectivity index (χ0n) is 9.09. The van der Waals surface area contributed by atoms with Gasteiger partial charge in [0.25, 0.3) is 0 Å². The largest absolute Gasteiger partial charge is 0.351 e. The lowest BCUT2D eigenvalue weighted by Gasteiger charge is -2.04. The molecule has 17 heavy (non-hydrogen) atoms. The quantitative estimate of drug-likeness (QED) is 0.813. The van der Waals surface area contributed by atoms with Crippen LogP contribution in [0.3, 0.4) is 0 Å². The van der Waals surface area contributed by atoms with Gasteiger partial charge in [-0.1, -0.05) is 30.3 Å². The van der Waals surface area contributed by atoms with Gasteiger partial charge < -0.3 is 5.32 Å². The van der Waals surface area contributed by atoms with Crippen LogP contribution in [0.5, 0.6) is 0 Å². The molecule has 0 aliphatic carbocycles. The zero-order valence-corrected chi connectivity index (χ0v) is 9.90. The molecule has 0 bridgehead atoms. The first-order valence-electron chi connectivity index (χ1n) is 4.91. The number of hydrogen-bond acceptors (Lipinski definition) is 4. The lowest BCUT2D eigenvalue weighted by atomic mass is 10.2. The van der Waals surface area contributed by atoms with Crippen molar-refractivity contribution >= 4 is 15.7 Å². The summed E-state index contributed by atoms with van der Waals surface area (Å²) in [5, 5.41) is 10.7. The van der Waals surface area contributed by atoms with E-state index in [-0.39, 0.29) is 6.54 Å². The molecule has 0 aliphatic heterocycles. The highest BCUT2D eigenvalue weighted by Crippen LogP contribution is 1.97. The molecule has 0 atom stereocenters. The van der Waals surface area contributed by atoms with Crippen molar-refractivity contribution in [2.75, 3.05) is 11.5 Å². The highest BCUT2D eigenvalue weighted by atomic mass is 32.2. The number of sulfone groups is 1. The number of carbonyl (C=O) groups excluding carboxylic acids is 1. The van der Waals surface area contributed by atoms with Crippen molar-refractivity contribution in [3.05, 3.63) is 35.9 Å². The molecule has 0 aliphatic rings. The smallest absolute Gasteiger partial charge is 0.235 e. The van der Waals surface area contributed by atoms with Crippen LogP contribution in [0.15, 0.2) is 30.3 Å². The van der Waals surface area contributed by atoms with Crippen LogP contribution in [0.1, 0.15) is 5.56 Å². The van der Waals surface area contributed by atoms with Crippen LogP contribution in [0.4, 0.5) is 0 Å². The van der Waals surface area contributed by atoms with Gasteiger partial charge in [-0.25, -0.2) is 8.42 Å². The molecule has 0 saturated carbocycles. The summed E-state index contributed by atoms with van der Waals surface area (Å²) in [6, 6.07) is 10.7. The lowest BCUT2D eigenvalue weighted by molar-refractivity contribution is -0.118. The van der Waals surface area contributed by atoms with Crippen LogP contribution in [0, 0.1) is 11.3 Å². The van der Waals surface area contributed by atoms with Crippen LogP contribution in [-0.4, -0.2) is 25.8 Å². The minimum Gasteiger partial charge on any atom is -0.351 e. The number of nitrogens with one attached hydrogen (secondary N) is 1. The minimum atomic E-state index is -3.61. The van der Waals surface area contributed by atoms with Gasteiger partial charge in [-0.05, 0) is 5.56 Å². The SMILES string of the molecule is N#CCS(=O)(=O)CC(=O)NCc1ccccc1. The Labute approximate surface area is 100.0 Å². The molecule has 1 rings (SSSR count). The second-order valence-corrected chi connectivity index (χ2v) is 5.52. The molecule has 1 aromatic rings. The molecule has 0 heterocycles. The Balaban J connectivity index is 2.44. The minimum absolute atomic E-state index is 0.280. The van der Waals surface area contributed by atoms with Crippen LogP contribution in [-0.2, 0) is 21.2 Å². The van der Waals surface area contributed by atoms with Crippen molar-refractivity contribution < 1.29 is 13.2 Å². The molecule has 1 amide bonds. The first-order chi connectivity index (χ1) is 8.03. The third kappa shape index (κ3) is 5.13. The molecule has 5 nitrogen and oxygen atoms in total. The van der Waals surface area contributed by atoms with Gasteiger partial charge in [0.05, 0.1) is 6.07 Å². The lowest BCUT2D eigenvalue weighted by Crippen LogP contribution is -2.30. The zero-order chi connectivity index (χ0) is 12.7. The van der Waals surface area contributed by atoms with E-state index in [0.717, 1.165) is 5.56 Å². The Bertz CT molecular complexity index is 517. The highest BCUT2D eigenvalue weighted by Gasteiger charge is 2.15. The van der Waals surface area contributed by atoms with E-state index in [9.17, 15) is 13.2 Å². The van der Waals surface area contributed by atoms with Crippen LogP contribution in [0.25, 0.3) is 0 Å². The van der Waals surface area contributed by atoms with Crippen molar-refractivity contribution in [2.45, 2.75) is 6.54 Å². The van der Waals surface area contributed by atoms with E-state index < -0.39 is 27.3 Å². The fourth-order valence-corrected chi connectivity index (χ4v) is 2.00. The molecule has 6 heteroatoms. The van der Waals surface area contributed by atoms with Gasteiger partial charge in [-0.15, -0.1) is 0 Å². The highest BCUT2D eigenvalue weighted by molar-refractivity contribution is 7.92. The maximum absolute atomic E-state index is 11.3. The molecule has 0 unspecified atom stereocenters. The Morgan fingerprint density at radius 3 is 2.53 bits per heavy atom. The summed E-state index contributed by atoms with van der Waals surface area (Å²) in [6.45, 7) is 0.280. The summed E-state index contributed by atoms with van der Waals surface area (Å²) in [5.41, 5.74) is 0.888. The number of carbonyl (C=O) groups is 1. The normalized spacial score (nSPS) is 10.5. The summed E-state index contributed by atoms with van der Waals surface area (Å²) >= 11 is 0. The van der Waals surface area contributed by atoms with Gasteiger partial charge in [0.15, 0.2) is 9.84 Å². The fraction of sp³-hybridized carbons (Fsp3) is 0.273. The summed E-state index contributed by atoms with van der Waals surface area (Å²) in [7, 11) is -3.61. The first kappa shape index (κ1) is 13.2. The van der Waals surface area contributed by atoms with Gasteiger partial charge in [0, 0.05) is 6.54 Å². The number of amides is 1. The summed E-state index contributed by atoms with van der Waals surface area (Å²) in [6.07, 6.45) is 0. The molecule has 0 saturated heterocycles. The molecule has 1 N–H and O–H groups in total. The molecule has 90 valence electrons. The Kier molecular flexibility index (Phi) is 4.67. The number of rotatable bonds is 5. The Morgan fingerprint density at radius 2 is 1.94 bits per heavy atom. The Morgan fingerprint density at radius 1 is 1.29 bits per heavy atom. The number of nitrogens with zero attached hydrogens (tertiary/aromatic N) is 1. The van der Waals surface area contributed by atoms with E-state index in [1.54, 1.807) is 0 Å². The van der Waals surface area contributed by atoms with Crippen molar-refractivity contribution in [3.63, 3.8) is 0 Å². The molecule has 1 aromatic carbocycles. The van der Waals surface area contributed by atoms with E-state index in [0.29, 0.717) is 0 Å². The van der Waals surface area contributed by atoms with Crippen molar-refractivity contribution in [1.29, 1.82) is 5.26 Å². The summed E-state index contributed by atoms with van der Waals surface area (Å²) in [4.78, 5) is 11.3. The van der Waals surface area contributed by atoms with E-state index in [4.69, 9.17) is 5.26 Å². The van der Waals surface area contributed by atoms with Gasteiger partial charge in [0.2, 0.25) is 5.91 Å². The molecular formula is C11H12N2O3S. The Hall–Kier alpha value is -1.87. The third-order valence-corrected chi connectivity index (χ3v) is 3.24. The predicted molar refractivity (Wildman–Crippen MR) is 62.6 cm³/mol.